The smallest absolute Gasteiger partial charge is 0.319 e. The van der Waals surface area contributed by atoms with E-state index in [2.05, 4.69) is 27.3 Å². The van der Waals surface area contributed by atoms with Crippen LogP contribution in [0.25, 0.3) is 0 Å². The second-order valence-corrected chi connectivity index (χ2v) is 9.44. The number of hydrogen-bond acceptors (Lipinski definition) is 5. The molecule has 5 nitrogen and oxygen atoms in total. The summed E-state index contributed by atoms with van der Waals surface area (Å²) in [7, 11) is 4.03. The van der Waals surface area contributed by atoms with Crippen molar-refractivity contribution in [2.75, 3.05) is 44.0 Å². The number of thioether (sulfide) groups is 2. The van der Waals surface area contributed by atoms with Crippen molar-refractivity contribution in [1.29, 1.82) is 0 Å². The van der Waals surface area contributed by atoms with Gasteiger partial charge in [0.05, 0.1) is 4.58 Å². The van der Waals surface area contributed by atoms with Crippen molar-refractivity contribution in [2.24, 2.45) is 0 Å². The minimum Gasteiger partial charge on any atom is -0.319 e. The first kappa shape index (κ1) is 20.0. The third-order valence-electron chi connectivity index (χ3n) is 4.23. The van der Waals surface area contributed by atoms with Gasteiger partial charge in [-0.05, 0) is 43.4 Å². The van der Waals surface area contributed by atoms with E-state index in [0.717, 1.165) is 17.8 Å². The molecule has 1 aromatic heterocycles. The standard InChI is InChI=1S/C20H26N4OS2/c1-23(2)9-10-24(15-16-5-4-8-21-14-16)20(25)22-18-7-3-6-17(13-18)19-26-11-12-27-19/h3-8,13-14,19H,9-12,15H2,1-2H3,(H,22,25). The summed E-state index contributed by atoms with van der Waals surface area (Å²) in [5.41, 5.74) is 3.15. The Bertz CT molecular complexity index is 736. The van der Waals surface area contributed by atoms with E-state index in [4.69, 9.17) is 0 Å². The fourth-order valence-corrected chi connectivity index (χ4v) is 5.64. The van der Waals surface area contributed by atoms with Crippen LogP contribution in [0.3, 0.4) is 0 Å². The van der Waals surface area contributed by atoms with E-state index < -0.39 is 0 Å². The number of aromatic nitrogens is 1. The van der Waals surface area contributed by atoms with Crippen molar-refractivity contribution in [3.05, 3.63) is 59.9 Å². The van der Waals surface area contributed by atoms with Gasteiger partial charge in [-0.25, -0.2) is 4.79 Å². The molecule has 2 amide bonds. The minimum absolute atomic E-state index is 0.0791. The Balaban J connectivity index is 1.68. The maximum Gasteiger partial charge on any atom is 0.322 e. The molecule has 0 aliphatic carbocycles. The quantitative estimate of drug-likeness (QED) is 0.754. The number of benzene rings is 1. The van der Waals surface area contributed by atoms with Crippen molar-refractivity contribution in [3.63, 3.8) is 0 Å². The van der Waals surface area contributed by atoms with Crippen LogP contribution in [0.2, 0.25) is 0 Å². The predicted octanol–water partition coefficient (Wildman–Crippen LogP) is 4.16. The molecule has 3 rings (SSSR count). The van der Waals surface area contributed by atoms with Gasteiger partial charge in [0.15, 0.2) is 0 Å². The lowest BCUT2D eigenvalue weighted by molar-refractivity contribution is 0.202. The number of nitrogens with zero attached hydrogens (tertiary/aromatic N) is 3. The van der Waals surface area contributed by atoms with Gasteiger partial charge in [-0.15, -0.1) is 23.5 Å². The van der Waals surface area contributed by atoms with Crippen LogP contribution in [0.1, 0.15) is 15.7 Å². The summed E-state index contributed by atoms with van der Waals surface area (Å²) >= 11 is 3.94. The fraction of sp³-hybridized carbons (Fsp3) is 0.400. The number of carbonyl (C=O) groups excluding carboxylic acids is 1. The fourth-order valence-electron chi connectivity index (χ4n) is 2.80. The molecule has 0 saturated carbocycles. The molecule has 27 heavy (non-hydrogen) atoms. The number of hydrogen-bond donors (Lipinski definition) is 1. The Morgan fingerprint density at radius 3 is 2.70 bits per heavy atom. The molecule has 1 aromatic carbocycles. The van der Waals surface area contributed by atoms with E-state index in [9.17, 15) is 4.79 Å². The molecule has 1 aliphatic heterocycles. The molecule has 0 unspecified atom stereocenters. The molecular formula is C20H26N4OS2. The van der Waals surface area contributed by atoms with Gasteiger partial charge in [-0.2, -0.15) is 0 Å². The average Bonchev–Trinajstić information content (AvgIpc) is 3.21. The predicted molar refractivity (Wildman–Crippen MR) is 116 cm³/mol. The highest BCUT2D eigenvalue weighted by Crippen LogP contribution is 2.45. The van der Waals surface area contributed by atoms with Gasteiger partial charge >= 0.3 is 6.03 Å². The van der Waals surface area contributed by atoms with Crippen molar-refractivity contribution < 1.29 is 4.79 Å². The number of rotatable bonds is 7. The van der Waals surface area contributed by atoms with Crippen LogP contribution < -0.4 is 5.32 Å². The van der Waals surface area contributed by atoms with E-state index >= 15 is 0 Å². The zero-order valence-electron chi connectivity index (χ0n) is 15.8. The lowest BCUT2D eigenvalue weighted by Crippen LogP contribution is -2.39. The molecule has 0 spiro atoms. The Kier molecular flexibility index (Phi) is 7.43. The van der Waals surface area contributed by atoms with Crippen LogP contribution in [-0.2, 0) is 6.54 Å². The molecule has 1 saturated heterocycles. The average molecular weight is 403 g/mol. The van der Waals surface area contributed by atoms with E-state index in [1.54, 1.807) is 6.20 Å². The van der Waals surface area contributed by atoms with Gasteiger partial charge in [-0.1, -0.05) is 18.2 Å². The number of carbonyl (C=O) groups is 1. The van der Waals surface area contributed by atoms with Crippen LogP contribution in [0.5, 0.6) is 0 Å². The Labute approximate surface area is 169 Å². The maximum atomic E-state index is 12.9. The van der Waals surface area contributed by atoms with Gasteiger partial charge in [-0.3, -0.25) is 4.98 Å². The lowest BCUT2D eigenvalue weighted by atomic mass is 10.2. The SMILES string of the molecule is CN(C)CCN(Cc1cccnc1)C(=O)Nc1cccc(C2SCCS2)c1. The third kappa shape index (κ3) is 6.16. The highest BCUT2D eigenvalue weighted by molar-refractivity contribution is 8.19. The van der Waals surface area contributed by atoms with E-state index in [-0.39, 0.29) is 6.03 Å². The van der Waals surface area contributed by atoms with Crippen molar-refractivity contribution in [1.82, 2.24) is 14.8 Å². The summed E-state index contributed by atoms with van der Waals surface area (Å²) in [5, 5.41) is 3.08. The van der Waals surface area contributed by atoms with Crippen LogP contribution in [0.15, 0.2) is 48.8 Å². The monoisotopic (exact) mass is 402 g/mol. The first-order valence-electron chi connectivity index (χ1n) is 9.04. The van der Waals surface area contributed by atoms with Gasteiger partial charge < -0.3 is 15.1 Å². The zero-order chi connectivity index (χ0) is 19.1. The van der Waals surface area contributed by atoms with Gasteiger partial charge in [0.25, 0.3) is 0 Å². The highest BCUT2D eigenvalue weighted by Gasteiger charge is 2.19. The summed E-state index contributed by atoms with van der Waals surface area (Å²) in [6.45, 7) is 2.01. The lowest BCUT2D eigenvalue weighted by Gasteiger charge is -2.25. The zero-order valence-corrected chi connectivity index (χ0v) is 17.4. The number of likely N-dealkylation sites (N-methyl/N-ethyl adjacent to an activating group) is 1. The van der Waals surface area contributed by atoms with Crippen molar-refractivity contribution in [3.8, 4) is 0 Å². The molecule has 1 fully saturated rings. The number of nitrogens with one attached hydrogen (secondary N) is 1. The highest BCUT2D eigenvalue weighted by atomic mass is 32.2. The molecule has 2 heterocycles. The van der Waals surface area contributed by atoms with Crippen LogP contribution in [0, 0.1) is 0 Å². The van der Waals surface area contributed by atoms with Crippen molar-refractivity contribution in [2.45, 2.75) is 11.1 Å². The Morgan fingerprint density at radius 1 is 1.19 bits per heavy atom. The van der Waals surface area contributed by atoms with E-state index in [0.29, 0.717) is 17.7 Å². The van der Waals surface area contributed by atoms with Gasteiger partial charge in [0.1, 0.15) is 0 Å². The summed E-state index contributed by atoms with van der Waals surface area (Å²) in [6, 6.07) is 12.0. The number of urea groups is 1. The summed E-state index contributed by atoms with van der Waals surface area (Å²) in [4.78, 5) is 21.0. The second-order valence-electron chi connectivity index (χ2n) is 6.72. The molecule has 2 aromatic rings. The van der Waals surface area contributed by atoms with E-state index in [1.165, 1.54) is 17.1 Å². The summed E-state index contributed by atoms with van der Waals surface area (Å²) in [5.74, 6) is 2.38. The van der Waals surface area contributed by atoms with Gasteiger partial charge in [0, 0.05) is 49.2 Å². The molecule has 0 radical (unpaired) electrons. The molecule has 7 heteroatoms. The molecule has 1 aliphatic rings. The van der Waals surface area contributed by atoms with Crippen LogP contribution >= 0.6 is 23.5 Å². The number of anilines is 1. The minimum atomic E-state index is -0.0791. The molecular weight excluding hydrogens is 376 g/mol. The first-order valence-corrected chi connectivity index (χ1v) is 11.1. The normalized spacial score (nSPS) is 14.5. The molecule has 0 atom stereocenters. The Hall–Kier alpha value is -1.70. The largest absolute Gasteiger partial charge is 0.322 e. The van der Waals surface area contributed by atoms with Crippen molar-refractivity contribution >= 4 is 35.2 Å². The molecule has 144 valence electrons. The van der Waals surface area contributed by atoms with Crippen LogP contribution in [-0.4, -0.2) is 59.5 Å². The second kappa shape index (κ2) is 10.0. The van der Waals surface area contributed by atoms with Crippen LogP contribution in [0.4, 0.5) is 10.5 Å². The van der Waals surface area contributed by atoms with E-state index in [1.807, 2.05) is 73.0 Å². The summed E-state index contributed by atoms with van der Waals surface area (Å²) in [6.07, 6.45) is 3.56. The topological polar surface area (TPSA) is 48.5 Å². The Morgan fingerprint density at radius 2 is 2.00 bits per heavy atom. The van der Waals surface area contributed by atoms with Gasteiger partial charge in [0.2, 0.25) is 0 Å². The number of amides is 2. The molecule has 1 N–H and O–H groups in total. The first-order chi connectivity index (χ1) is 13.1. The third-order valence-corrected chi connectivity index (χ3v) is 7.34. The summed E-state index contributed by atoms with van der Waals surface area (Å²) < 4.78 is 0.474. The number of pyridine rings is 1. The molecule has 0 bridgehead atoms. The maximum absolute atomic E-state index is 12.9.